The number of aryl methyl sites for hydroxylation is 1. The van der Waals surface area contributed by atoms with Crippen LogP contribution in [0.15, 0.2) is 21.2 Å². The number of hydrogen-bond acceptors (Lipinski definition) is 5. The molecule has 0 aliphatic heterocycles. The Balaban J connectivity index is 2.29. The Kier molecular flexibility index (Phi) is 5.08. The van der Waals surface area contributed by atoms with E-state index in [4.69, 9.17) is 9.15 Å². The summed E-state index contributed by atoms with van der Waals surface area (Å²) in [5, 5.41) is 3.19. The van der Waals surface area contributed by atoms with Gasteiger partial charge in [-0.15, -0.1) is 11.3 Å². The van der Waals surface area contributed by atoms with Crippen molar-refractivity contribution in [2.24, 2.45) is 0 Å². The minimum atomic E-state index is -0.437. The van der Waals surface area contributed by atoms with Crippen LogP contribution >= 0.6 is 27.3 Å². The number of esters is 1. The van der Waals surface area contributed by atoms with Crippen molar-refractivity contribution in [1.82, 2.24) is 0 Å². The number of carbonyl (C=O) groups excluding carboxylic acids is 2. The van der Waals surface area contributed by atoms with Crippen LogP contribution in [0, 0.1) is 13.8 Å². The molecule has 1 N–H and O–H groups in total. The highest BCUT2D eigenvalue weighted by molar-refractivity contribution is 9.10. The van der Waals surface area contributed by atoms with E-state index >= 15 is 0 Å². The molecule has 1 amide bonds. The highest BCUT2D eigenvalue weighted by Crippen LogP contribution is 2.33. The number of halogens is 1. The molecule has 118 valence electrons. The second-order valence-corrected chi connectivity index (χ2v) is 7.01. The molecule has 0 aromatic carbocycles. The Morgan fingerprint density at radius 2 is 2.00 bits per heavy atom. The molecular weight excluding hydrogens is 370 g/mol. The van der Waals surface area contributed by atoms with Crippen molar-refractivity contribution in [2.75, 3.05) is 5.32 Å². The van der Waals surface area contributed by atoms with Crippen molar-refractivity contribution in [2.45, 2.75) is 33.8 Å². The lowest BCUT2D eigenvalue weighted by Gasteiger charge is -2.10. The maximum Gasteiger partial charge on any atom is 0.341 e. The smallest absolute Gasteiger partial charge is 0.341 e. The molecule has 0 fully saturated rings. The average molecular weight is 386 g/mol. The fraction of sp³-hybridized carbons (Fsp3) is 0.333. The summed E-state index contributed by atoms with van der Waals surface area (Å²) in [6, 6.07) is 3.19. The van der Waals surface area contributed by atoms with Crippen molar-refractivity contribution in [3.63, 3.8) is 0 Å². The average Bonchev–Trinajstić information content (AvgIpc) is 2.94. The van der Waals surface area contributed by atoms with E-state index in [1.165, 1.54) is 11.3 Å². The van der Waals surface area contributed by atoms with E-state index in [9.17, 15) is 9.59 Å². The third-order valence-electron chi connectivity index (χ3n) is 2.96. The van der Waals surface area contributed by atoms with E-state index in [1.54, 1.807) is 26.0 Å². The van der Waals surface area contributed by atoms with Gasteiger partial charge in [-0.1, -0.05) is 0 Å². The van der Waals surface area contributed by atoms with Crippen LogP contribution in [-0.4, -0.2) is 18.0 Å². The van der Waals surface area contributed by atoms with Crippen LogP contribution in [0.4, 0.5) is 5.00 Å². The van der Waals surface area contributed by atoms with Gasteiger partial charge in [-0.25, -0.2) is 4.79 Å². The molecule has 2 rings (SSSR count). The predicted molar refractivity (Wildman–Crippen MR) is 88.7 cm³/mol. The first-order chi connectivity index (χ1) is 10.3. The fourth-order valence-corrected chi connectivity index (χ4v) is 3.18. The van der Waals surface area contributed by atoms with E-state index in [1.807, 2.05) is 13.8 Å². The molecule has 2 aromatic rings. The number of anilines is 1. The number of carbonyl (C=O) groups is 2. The lowest BCUT2D eigenvalue weighted by atomic mass is 10.1. The molecule has 0 unspecified atom stereocenters. The van der Waals surface area contributed by atoms with E-state index in [0.29, 0.717) is 15.2 Å². The summed E-state index contributed by atoms with van der Waals surface area (Å²) in [4.78, 5) is 25.4. The number of ether oxygens (including phenoxy) is 1. The highest BCUT2D eigenvalue weighted by Gasteiger charge is 2.24. The summed E-state index contributed by atoms with van der Waals surface area (Å²) in [6.45, 7) is 7.29. The monoisotopic (exact) mass is 385 g/mol. The first-order valence-corrected chi connectivity index (χ1v) is 8.28. The zero-order chi connectivity index (χ0) is 16.4. The maximum atomic E-state index is 12.2. The SMILES string of the molecule is Cc1sc(NC(=O)c2ccc(Br)o2)c(C(=O)OC(C)C)c1C. The number of amides is 1. The summed E-state index contributed by atoms with van der Waals surface area (Å²) in [6.07, 6.45) is -0.225. The lowest BCUT2D eigenvalue weighted by molar-refractivity contribution is 0.0379. The van der Waals surface area contributed by atoms with Crippen LogP contribution < -0.4 is 5.32 Å². The number of furan rings is 1. The van der Waals surface area contributed by atoms with Gasteiger partial charge >= 0.3 is 5.97 Å². The fourth-order valence-electron chi connectivity index (χ4n) is 1.83. The molecule has 0 aliphatic carbocycles. The molecule has 2 heterocycles. The molecule has 7 heteroatoms. The number of nitrogens with one attached hydrogen (secondary N) is 1. The largest absolute Gasteiger partial charge is 0.459 e. The molecule has 5 nitrogen and oxygen atoms in total. The molecular formula is C15H16BrNO4S. The van der Waals surface area contributed by atoms with E-state index in [2.05, 4.69) is 21.2 Å². The first-order valence-electron chi connectivity index (χ1n) is 6.67. The second kappa shape index (κ2) is 6.66. The lowest BCUT2D eigenvalue weighted by Crippen LogP contribution is -2.16. The summed E-state index contributed by atoms with van der Waals surface area (Å²) in [5.74, 6) is -0.683. The topological polar surface area (TPSA) is 68.5 Å². The van der Waals surface area contributed by atoms with Crippen LogP contribution in [0.25, 0.3) is 0 Å². The zero-order valence-electron chi connectivity index (χ0n) is 12.7. The van der Waals surface area contributed by atoms with Crippen molar-refractivity contribution in [3.8, 4) is 0 Å². The van der Waals surface area contributed by atoms with Gasteiger partial charge in [0.25, 0.3) is 5.91 Å². The molecule has 0 atom stereocenters. The number of hydrogen-bond donors (Lipinski definition) is 1. The second-order valence-electron chi connectivity index (χ2n) is 5.00. The van der Waals surface area contributed by atoms with Crippen LogP contribution in [-0.2, 0) is 4.74 Å². The molecule has 0 saturated heterocycles. The number of rotatable bonds is 4. The van der Waals surface area contributed by atoms with Crippen molar-refractivity contribution >= 4 is 44.1 Å². The quantitative estimate of drug-likeness (QED) is 0.784. The van der Waals surface area contributed by atoms with Crippen molar-refractivity contribution < 1.29 is 18.7 Å². The predicted octanol–water partition coefficient (Wildman–Crippen LogP) is 4.54. The highest BCUT2D eigenvalue weighted by atomic mass is 79.9. The van der Waals surface area contributed by atoms with Gasteiger partial charge in [-0.2, -0.15) is 0 Å². The van der Waals surface area contributed by atoms with Gasteiger partial charge in [0.05, 0.1) is 11.7 Å². The summed E-state index contributed by atoms with van der Waals surface area (Å²) < 4.78 is 10.9. The molecule has 0 spiro atoms. The third-order valence-corrected chi connectivity index (χ3v) is 4.51. The maximum absolute atomic E-state index is 12.2. The van der Waals surface area contributed by atoms with Crippen LogP contribution in [0.1, 0.15) is 45.2 Å². The van der Waals surface area contributed by atoms with Crippen molar-refractivity contribution in [3.05, 3.63) is 38.6 Å². The first kappa shape index (κ1) is 16.8. The van der Waals surface area contributed by atoms with Gasteiger partial charge in [0, 0.05) is 4.88 Å². The van der Waals surface area contributed by atoms with Gasteiger partial charge in [-0.05, 0) is 61.3 Å². The Labute approximate surface area is 140 Å². The Bertz CT molecular complexity index is 717. The summed E-state index contributed by atoms with van der Waals surface area (Å²) in [5.41, 5.74) is 1.21. The van der Waals surface area contributed by atoms with Crippen molar-refractivity contribution in [1.29, 1.82) is 0 Å². The zero-order valence-corrected chi connectivity index (χ0v) is 15.1. The third kappa shape index (κ3) is 3.59. The Morgan fingerprint density at radius 1 is 1.32 bits per heavy atom. The van der Waals surface area contributed by atoms with Gasteiger partial charge in [0.2, 0.25) is 0 Å². The standard InChI is InChI=1S/C15H16BrNO4S/c1-7(2)20-15(19)12-8(3)9(4)22-14(12)17-13(18)10-5-6-11(16)21-10/h5-7H,1-4H3,(H,17,18). The van der Waals surface area contributed by atoms with Crippen LogP contribution in [0.3, 0.4) is 0 Å². The van der Waals surface area contributed by atoms with Gasteiger partial charge in [-0.3, -0.25) is 4.79 Å². The summed E-state index contributed by atoms with van der Waals surface area (Å²) in [7, 11) is 0. The minimum absolute atomic E-state index is 0.166. The Hall–Kier alpha value is -1.60. The molecule has 0 bridgehead atoms. The molecule has 0 radical (unpaired) electrons. The normalized spacial score (nSPS) is 10.8. The van der Waals surface area contributed by atoms with E-state index < -0.39 is 11.9 Å². The van der Waals surface area contributed by atoms with Crippen LogP contribution in [0.5, 0.6) is 0 Å². The molecule has 0 saturated carbocycles. The Morgan fingerprint density at radius 3 is 2.55 bits per heavy atom. The van der Waals surface area contributed by atoms with E-state index in [0.717, 1.165) is 10.4 Å². The number of thiophene rings is 1. The van der Waals surface area contributed by atoms with Gasteiger partial charge in [0.15, 0.2) is 10.4 Å². The molecule has 2 aromatic heterocycles. The van der Waals surface area contributed by atoms with Crippen LogP contribution in [0.2, 0.25) is 0 Å². The molecule has 0 aliphatic rings. The summed E-state index contributed by atoms with van der Waals surface area (Å²) >= 11 is 4.49. The minimum Gasteiger partial charge on any atom is -0.459 e. The van der Waals surface area contributed by atoms with E-state index in [-0.39, 0.29) is 11.9 Å². The van der Waals surface area contributed by atoms with Gasteiger partial charge in [0.1, 0.15) is 5.00 Å². The van der Waals surface area contributed by atoms with Gasteiger partial charge < -0.3 is 14.5 Å². The molecule has 22 heavy (non-hydrogen) atoms.